The molecule has 3 N–H and O–H groups in total. The zero-order chi connectivity index (χ0) is 15.7. The van der Waals surface area contributed by atoms with E-state index in [2.05, 4.69) is 5.32 Å². The van der Waals surface area contributed by atoms with E-state index in [0.29, 0.717) is 17.7 Å². The second-order valence-electron chi connectivity index (χ2n) is 6.22. The zero-order valence-electron chi connectivity index (χ0n) is 12.8. The Morgan fingerprint density at radius 1 is 1.18 bits per heavy atom. The molecule has 1 amide bonds. The maximum Gasteiger partial charge on any atom is 0.253 e. The minimum atomic E-state index is -0.325. The highest BCUT2D eigenvalue weighted by Crippen LogP contribution is 2.39. The third-order valence-electron chi connectivity index (χ3n) is 3.89. The smallest absolute Gasteiger partial charge is 0.253 e. The molecule has 2 aromatic carbocycles. The van der Waals surface area contributed by atoms with Gasteiger partial charge in [-0.3, -0.25) is 4.79 Å². The first-order valence-electron chi connectivity index (χ1n) is 7.39. The van der Waals surface area contributed by atoms with E-state index < -0.39 is 0 Å². The van der Waals surface area contributed by atoms with Crippen molar-refractivity contribution in [1.82, 2.24) is 5.32 Å². The molecule has 1 aliphatic rings. The third kappa shape index (κ3) is 2.77. The number of nitrogens with two attached hydrogens (primary N) is 1. The molecule has 0 spiro atoms. The number of nitrogens with one attached hydrogen (secondary N) is 1. The molecule has 0 aromatic heterocycles. The standard InChI is InChI=1S/C18H20N2O2/c1-18(2)11-15(13-8-4-6-10-16(13)22-18)20-17(21)12-7-3-5-9-14(12)19/h3-10,15H,11,19H2,1-2H3,(H,20,21). The molecule has 1 unspecified atom stereocenters. The van der Waals surface area contributed by atoms with Gasteiger partial charge in [-0.1, -0.05) is 30.3 Å². The Hall–Kier alpha value is -2.49. The first-order valence-corrected chi connectivity index (χ1v) is 7.39. The molecule has 0 bridgehead atoms. The number of carbonyl (C=O) groups excluding carboxylic acids is 1. The van der Waals surface area contributed by atoms with Crippen molar-refractivity contribution >= 4 is 11.6 Å². The summed E-state index contributed by atoms with van der Waals surface area (Å²) in [7, 11) is 0. The van der Waals surface area contributed by atoms with Crippen LogP contribution >= 0.6 is 0 Å². The summed E-state index contributed by atoms with van der Waals surface area (Å²) < 4.78 is 5.98. The number of carbonyl (C=O) groups is 1. The lowest BCUT2D eigenvalue weighted by molar-refractivity contribution is 0.0620. The van der Waals surface area contributed by atoms with Crippen LogP contribution in [0.2, 0.25) is 0 Å². The number of nitrogen functional groups attached to an aromatic ring is 1. The highest BCUT2D eigenvalue weighted by Gasteiger charge is 2.34. The number of hydrogen-bond donors (Lipinski definition) is 2. The van der Waals surface area contributed by atoms with Crippen molar-refractivity contribution < 1.29 is 9.53 Å². The first kappa shape index (κ1) is 14.4. The van der Waals surface area contributed by atoms with E-state index in [1.165, 1.54) is 0 Å². The fourth-order valence-electron chi connectivity index (χ4n) is 2.87. The summed E-state index contributed by atoms with van der Waals surface area (Å²) in [4.78, 5) is 12.5. The lowest BCUT2D eigenvalue weighted by Crippen LogP contribution is -2.41. The molecule has 0 fully saturated rings. The van der Waals surface area contributed by atoms with Crippen LogP contribution in [0, 0.1) is 0 Å². The molecule has 0 saturated heterocycles. The molecule has 3 rings (SSSR count). The van der Waals surface area contributed by atoms with E-state index in [9.17, 15) is 4.79 Å². The summed E-state index contributed by atoms with van der Waals surface area (Å²) in [5, 5.41) is 3.09. The van der Waals surface area contributed by atoms with Crippen molar-refractivity contribution in [2.24, 2.45) is 0 Å². The number of anilines is 1. The van der Waals surface area contributed by atoms with Gasteiger partial charge in [-0.2, -0.15) is 0 Å². The molecule has 4 nitrogen and oxygen atoms in total. The van der Waals surface area contributed by atoms with Crippen molar-refractivity contribution in [1.29, 1.82) is 0 Å². The quantitative estimate of drug-likeness (QED) is 0.836. The van der Waals surface area contributed by atoms with Crippen LogP contribution in [0.15, 0.2) is 48.5 Å². The number of benzene rings is 2. The molecule has 2 aromatic rings. The second kappa shape index (κ2) is 5.37. The van der Waals surface area contributed by atoms with E-state index in [-0.39, 0.29) is 17.6 Å². The molecule has 0 aliphatic carbocycles. The summed E-state index contributed by atoms with van der Waals surface area (Å²) in [5.41, 5.74) is 7.56. The van der Waals surface area contributed by atoms with Crippen molar-refractivity contribution in [3.8, 4) is 5.75 Å². The van der Waals surface area contributed by atoms with Crippen LogP contribution in [0.25, 0.3) is 0 Å². The van der Waals surface area contributed by atoms with Gasteiger partial charge in [0.25, 0.3) is 5.91 Å². The SMILES string of the molecule is CC1(C)CC(NC(=O)c2ccccc2N)c2ccccc2O1. The van der Waals surface area contributed by atoms with Gasteiger partial charge in [0.15, 0.2) is 0 Å². The Balaban J connectivity index is 1.89. The summed E-state index contributed by atoms with van der Waals surface area (Å²) in [6, 6.07) is 14.8. The number of fused-ring (bicyclic) bond motifs is 1. The normalized spacial score (nSPS) is 18.9. The fraction of sp³-hybridized carbons (Fsp3) is 0.278. The van der Waals surface area contributed by atoms with Crippen LogP contribution in [0.4, 0.5) is 5.69 Å². The number of hydrogen-bond acceptors (Lipinski definition) is 3. The van der Waals surface area contributed by atoms with Gasteiger partial charge >= 0.3 is 0 Å². The fourth-order valence-corrected chi connectivity index (χ4v) is 2.87. The number of ether oxygens (including phenoxy) is 1. The van der Waals surface area contributed by atoms with E-state index >= 15 is 0 Å². The summed E-state index contributed by atoms with van der Waals surface area (Å²) in [6.07, 6.45) is 0.711. The van der Waals surface area contributed by atoms with Crippen LogP contribution in [-0.4, -0.2) is 11.5 Å². The van der Waals surface area contributed by atoms with Crippen molar-refractivity contribution in [3.63, 3.8) is 0 Å². The summed E-state index contributed by atoms with van der Waals surface area (Å²) >= 11 is 0. The Labute approximate surface area is 130 Å². The van der Waals surface area contributed by atoms with E-state index in [4.69, 9.17) is 10.5 Å². The maximum atomic E-state index is 12.5. The van der Waals surface area contributed by atoms with Crippen LogP contribution in [0.5, 0.6) is 5.75 Å². The first-order chi connectivity index (χ1) is 10.5. The molecule has 4 heteroatoms. The Kier molecular flexibility index (Phi) is 3.53. The van der Waals surface area contributed by atoms with Crippen LogP contribution in [0.1, 0.15) is 42.2 Å². The van der Waals surface area contributed by atoms with Crippen LogP contribution < -0.4 is 15.8 Å². The monoisotopic (exact) mass is 296 g/mol. The van der Waals surface area contributed by atoms with Gasteiger partial charge in [-0.25, -0.2) is 0 Å². The van der Waals surface area contributed by atoms with Crippen molar-refractivity contribution in [2.45, 2.75) is 31.9 Å². The Bertz CT molecular complexity index is 710. The minimum absolute atomic E-state index is 0.0907. The van der Waals surface area contributed by atoms with Gasteiger partial charge < -0.3 is 15.8 Å². The molecule has 1 atom stereocenters. The molecular formula is C18H20N2O2. The zero-order valence-corrected chi connectivity index (χ0v) is 12.8. The highest BCUT2D eigenvalue weighted by atomic mass is 16.5. The average molecular weight is 296 g/mol. The largest absolute Gasteiger partial charge is 0.487 e. The van der Waals surface area contributed by atoms with Gasteiger partial charge in [0, 0.05) is 17.7 Å². The van der Waals surface area contributed by atoms with Gasteiger partial charge in [-0.15, -0.1) is 0 Å². The predicted molar refractivity (Wildman–Crippen MR) is 86.8 cm³/mol. The molecule has 22 heavy (non-hydrogen) atoms. The van der Waals surface area contributed by atoms with E-state index in [1.54, 1.807) is 12.1 Å². The Morgan fingerprint density at radius 2 is 1.86 bits per heavy atom. The van der Waals surface area contributed by atoms with Gasteiger partial charge in [0.2, 0.25) is 0 Å². The van der Waals surface area contributed by atoms with E-state index in [1.807, 2.05) is 50.2 Å². The summed E-state index contributed by atoms with van der Waals surface area (Å²) in [6.45, 7) is 4.05. The van der Waals surface area contributed by atoms with E-state index in [0.717, 1.165) is 11.3 Å². The third-order valence-corrected chi connectivity index (χ3v) is 3.89. The molecule has 1 aliphatic heterocycles. The van der Waals surface area contributed by atoms with Gasteiger partial charge in [-0.05, 0) is 32.0 Å². The highest BCUT2D eigenvalue weighted by molar-refractivity contribution is 5.99. The topological polar surface area (TPSA) is 64.4 Å². The lowest BCUT2D eigenvalue weighted by atomic mass is 9.89. The number of para-hydroxylation sites is 2. The average Bonchev–Trinajstić information content (AvgIpc) is 2.46. The molecule has 114 valence electrons. The second-order valence-corrected chi connectivity index (χ2v) is 6.22. The Morgan fingerprint density at radius 3 is 2.64 bits per heavy atom. The van der Waals surface area contributed by atoms with Crippen molar-refractivity contribution in [3.05, 3.63) is 59.7 Å². The van der Waals surface area contributed by atoms with Crippen LogP contribution in [0.3, 0.4) is 0 Å². The predicted octanol–water partition coefficient (Wildman–Crippen LogP) is 3.30. The molecule has 1 heterocycles. The maximum absolute atomic E-state index is 12.5. The number of amides is 1. The molecule has 0 saturated carbocycles. The number of rotatable bonds is 2. The van der Waals surface area contributed by atoms with Crippen molar-refractivity contribution in [2.75, 3.05) is 5.73 Å². The van der Waals surface area contributed by atoms with Gasteiger partial charge in [0.05, 0.1) is 11.6 Å². The molecular weight excluding hydrogens is 276 g/mol. The molecule has 0 radical (unpaired) electrons. The van der Waals surface area contributed by atoms with Crippen LogP contribution in [-0.2, 0) is 0 Å². The minimum Gasteiger partial charge on any atom is -0.487 e. The lowest BCUT2D eigenvalue weighted by Gasteiger charge is -2.37. The summed E-state index contributed by atoms with van der Waals surface area (Å²) in [5.74, 6) is 0.667. The van der Waals surface area contributed by atoms with Gasteiger partial charge in [0.1, 0.15) is 11.4 Å².